The zero-order chi connectivity index (χ0) is 6.41. The summed E-state index contributed by atoms with van der Waals surface area (Å²) in [7, 11) is 0. The maximum atomic E-state index is 10.9. The minimum atomic E-state index is -1.44. The van der Waals surface area contributed by atoms with Crippen LogP contribution < -0.4 is 0 Å². The molecule has 0 heterocycles. The topological polar surface area (TPSA) is 49.7 Å². The lowest BCUT2D eigenvalue weighted by molar-refractivity contribution is -0.0143. The van der Waals surface area contributed by atoms with Gasteiger partial charge in [-0.05, 0) is 6.42 Å². The van der Waals surface area contributed by atoms with E-state index >= 15 is 0 Å². The van der Waals surface area contributed by atoms with Crippen LogP contribution in [0.4, 0.5) is 4.53 Å². The van der Waals surface area contributed by atoms with Crippen LogP contribution in [0, 0.1) is 0 Å². The van der Waals surface area contributed by atoms with E-state index in [2.05, 4.69) is 3.99 Å². The predicted molar refractivity (Wildman–Crippen MR) is 27.1 cm³/mol. The molecule has 0 amide bonds. The Morgan fingerprint density at radius 3 is 2.75 bits per heavy atom. The fourth-order valence-corrected chi connectivity index (χ4v) is 0.800. The van der Waals surface area contributed by atoms with Crippen LogP contribution in [0.5, 0.6) is 0 Å². The van der Waals surface area contributed by atoms with Gasteiger partial charge in [0.05, 0.1) is 0 Å². The molecular formula is C3H8AlFO3. The predicted octanol–water partition coefficient (Wildman–Crippen LogP) is -1.06. The number of hydrogen-bond acceptors (Lipinski definition) is 3. The second-order valence-corrected chi connectivity index (χ2v) is 2.94. The summed E-state index contributed by atoms with van der Waals surface area (Å²) in [6, 6.07) is 0. The lowest BCUT2D eigenvalue weighted by Gasteiger charge is -1.99. The Balaban J connectivity index is 2.92. The van der Waals surface area contributed by atoms with Crippen LogP contribution in [0.2, 0.25) is 0 Å². The normalized spacial score (nSPS) is 13.4. The fraction of sp³-hybridized carbons (Fsp3) is 1.00. The van der Waals surface area contributed by atoms with E-state index in [-0.39, 0.29) is 13.0 Å². The molecule has 1 atom stereocenters. The number of aliphatic hydroxyl groups is 2. The van der Waals surface area contributed by atoms with Crippen molar-refractivity contribution in [2.75, 3.05) is 6.61 Å². The summed E-state index contributed by atoms with van der Waals surface area (Å²) in [5.41, 5.74) is 0. The zero-order valence-corrected chi connectivity index (χ0v) is 5.79. The number of hydrogen-bond donors (Lipinski definition) is 2. The van der Waals surface area contributed by atoms with Crippen molar-refractivity contribution < 1.29 is 18.7 Å². The van der Waals surface area contributed by atoms with E-state index < -0.39 is 20.5 Å². The molecule has 0 rings (SSSR count). The van der Waals surface area contributed by atoms with Crippen LogP contribution in [0.3, 0.4) is 0 Å². The van der Waals surface area contributed by atoms with Crippen LogP contribution in [0.25, 0.3) is 0 Å². The first kappa shape index (κ1) is 8.34. The molecule has 0 bridgehead atoms. The minimum absolute atomic E-state index is 0.114. The van der Waals surface area contributed by atoms with Crippen molar-refractivity contribution in [1.82, 2.24) is 0 Å². The quantitative estimate of drug-likeness (QED) is 0.487. The van der Waals surface area contributed by atoms with Crippen LogP contribution in [-0.4, -0.2) is 37.3 Å². The Kier molecular flexibility index (Phi) is 5.71. The van der Waals surface area contributed by atoms with Crippen molar-refractivity contribution in [3.8, 4) is 0 Å². The van der Waals surface area contributed by atoms with E-state index in [1.807, 2.05) is 0 Å². The van der Waals surface area contributed by atoms with E-state index in [0.717, 1.165) is 0 Å². The van der Waals surface area contributed by atoms with Gasteiger partial charge in [-0.1, -0.05) is 4.53 Å². The van der Waals surface area contributed by atoms with Gasteiger partial charge in [-0.2, -0.15) is 0 Å². The first-order valence-corrected chi connectivity index (χ1v) is 3.73. The highest BCUT2D eigenvalue weighted by molar-refractivity contribution is 6.28. The highest BCUT2D eigenvalue weighted by atomic mass is 27.1. The number of aliphatic hydroxyl groups excluding tert-OH is 2. The summed E-state index contributed by atoms with van der Waals surface area (Å²) in [4.78, 5) is -0.745. The molecule has 0 saturated heterocycles. The Bertz CT molecular complexity index is 47.8. The third kappa shape index (κ3) is 4.50. The van der Waals surface area contributed by atoms with E-state index in [4.69, 9.17) is 10.2 Å². The van der Waals surface area contributed by atoms with Gasteiger partial charge in [-0.25, -0.2) is 0 Å². The van der Waals surface area contributed by atoms with Crippen molar-refractivity contribution in [2.24, 2.45) is 0 Å². The molecule has 48 valence electrons. The molecule has 0 aromatic carbocycles. The second kappa shape index (κ2) is 5.48. The molecule has 3 nitrogen and oxygen atoms in total. The summed E-state index contributed by atoms with van der Waals surface area (Å²) in [5.74, 6) is 0. The molecule has 0 radical (unpaired) electrons. The molecule has 0 spiro atoms. The highest BCUT2D eigenvalue weighted by Gasteiger charge is 2.08. The maximum Gasteiger partial charge on any atom is 0.526 e. The lowest BCUT2D eigenvalue weighted by Crippen LogP contribution is -2.17. The molecule has 0 aliphatic carbocycles. The van der Waals surface area contributed by atoms with E-state index in [0.29, 0.717) is 0 Å². The third-order valence-electron chi connectivity index (χ3n) is 0.718. The van der Waals surface area contributed by atoms with Gasteiger partial charge in [0.15, 0.2) is 0 Å². The van der Waals surface area contributed by atoms with Crippen LogP contribution in [0.15, 0.2) is 0 Å². The fourth-order valence-electron chi connectivity index (χ4n) is 0.305. The van der Waals surface area contributed by atoms with Crippen LogP contribution >= 0.6 is 0 Å². The molecule has 0 aromatic heterocycles. The SMILES string of the molecule is OCC[CH](O)[AlH][O]F. The maximum absolute atomic E-state index is 10.9. The molecular weight excluding hydrogens is 130 g/mol. The molecule has 0 aliphatic heterocycles. The molecule has 1 unspecified atom stereocenters. The van der Waals surface area contributed by atoms with Crippen molar-refractivity contribution in [3.05, 3.63) is 0 Å². The zero-order valence-electron chi connectivity index (χ0n) is 4.38. The van der Waals surface area contributed by atoms with Crippen molar-refractivity contribution in [1.29, 1.82) is 0 Å². The van der Waals surface area contributed by atoms with Crippen LogP contribution in [0.1, 0.15) is 6.42 Å². The van der Waals surface area contributed by atoms with Gasteiger partial charge >= 0.3 is 15.6 Å². The highest BCUT2D eigenvalue weighted by Crippen LogP contribution is 1.87. The Hall–Kier alpha value is 0.342. The van der Waals surface area contributed by atoms with Gasteiger partial charge in [0.2, 0.25) is 0 Å². The Labute approximate surface area is 53.0 Å². The summed E-state index contributed by atoms with van der Waals surface area (Å²) in [6.07, 6.45) is 0.218. The molecule has 2 N–H and O–H groups in total. The minimum Gasteiger partial charge on any atom is -0.405 e. The monoisotopic (exact) mass is 138 g/mol. The molecule has 8 heavy (non-hydrogen) atoms. The molecule has 0 aromatic rings. The van der Waals surface area contributed by atoms with E-state index in [1.54, 1.807) is 0 Å². The first-order chi connectivity index (χ1) is 3.81. The third-order valence-corrected chi connectivity index (χ3v) is 1.64. The van der Waals surface area contributed by atoms with Gasteiger partial charge in [-0.15, -0.1) is 0 Å². The van der Waals surface area contributed by atoms with Gasteiger partial charge in [0.1, 0.15) is 0 Å². The summed E-state index contributed by atoms with van der Waals surface area (Å²) >= 11 is -1.44. The van der Waals surface area contributed by atoms with Crippen molar-refractivity contribution in [2.45, 2.75) is 11.4 Å². The van der Waals surface area contributed by atoms with E-state index in [9.17, 15) is 4.53 Å². The first-order valence-electron chi connectivity index (χ1n) is 2.33. The largest absolute Gasteiger partial charge is 0.526 e. The Morgan fingerprint density at radius 2 is 2.38 bits per heavy atom. The Morgan fingerprint density at radius 1 is 1.75 bits per heavy atom. The number of rotatable bonds is 4. The number of halogens is 1. The standard InChI is InChI=1S/C3H7O2.Al.FO.H/c4-2-1-3-5;;1-2;/h2,4-5H,1,3H2;;;/q;+1;-1;. The van der Waals surface area contributed by atoms with Gasteiger partial charge in [0, 0.05) is 11.6 Å². The summed E-state index contributed by atoms with van der Waals surface area (Å²) < 4.78 is 14.1. The van der Waals surface area contributed by atoms with Gasteiger partial charge < -0.3 is 14.2 Å². The van der Waals surface area contributed by atoms with Gasteiger partial charge in [-0.3, -0.25) is 0 Å². The average molecular weight is 138 g/mol. The summed E-state index contributed by atoms with van der Waals surface area (Å²) in [5, 5.41) is 16.7. The smallest absolute Gasteiger partial charge is 0.405 e. The summed E-state index contributed by atoms with van der Waals surface area (Å²) in [6.45, 7) is -0.114. The van der Waals surface area contributed by atoms with E-state index in [1.165, 1.54) is 0 Å². The lowest BCUT2D eigenvalue weighted by atomic mass is 10.5. The molecule has 0 aliphatic rings. The average Bonchev–Trinajstić information content (AvgIpc) is 1.68. The molecule has 0 fully saturated rings. The van der Waals surface area contributed by atoms with Crippen LogP contribution in [-0.2, 0) is 3.99 Å². The molecule has 0 saturated carbocycles. The second-order valence-electron chi connectivity index (χ2n) is 1.44. The molecule has 5 heteroatoms. The van der Waals surface area contributed by atoms with Gasteiger partial charge in [0.25, 0.3) is 0 Å². The van der Waals surface area contributed by atoms with Crippen molar-refractivity contribution >= 4 is 15.6 Å². The van der Waals surface area contributed by atoms with Crippen molar-refractivity contribution in [3.63, 3.8) is 0 Å².